The van der Waals surface area contributed by atoms with E-state index >= 15 is 0 Å². The first-order valence-corrected chi connectivity index (χ1v) is 7.31. The lowest BCUT2D eigenvalue weighted by Gasteiger charge is -2.11. The maximum atomic E-state index is 11.0. The van der Waals surface area contributed by atoms with Crippen molar-refractivity contribution in [2.24, 2.45) is 0 Å². The maximum absolute atomic E-state index is 11.0. The largest absolute Gasteiger partial charge is 0.508 e. The van der Waals surface area contributed by atoms with Gasteiger partial charge in [0.05, 0.1) is 0 Å². The topological polar surface area (TPSA) is 78.8 Å². The number of carbonyl (C=O) groups is 1. The number of hydrogen-bond acceptors (Lipinski definition) is 4. The first-order chi connectivity index (χ1) is 10.1. The van der Waals surface area contributed by atoms with Gasteiger partial charge in [0.25, 0.3) is 0 Å². The van der Waals surface area contributed by atoms with Crippen molar-refractivity contribution >= 4 is 28.8 Å². The normalized spacial score (nSPS) is 11.9. The van der Waals surface area contributed by atoms with E-state index in [1.165, 1.54) is 0 Å². The van der Waals surface area contributed by atoms with Gasteiger partial charge in [-0.15, -0.1) is 0 Å². The van der Waals surface area contributed by atoms with Gasteiger partial charge in [0.15, 0.2) is 0 Å². The molecule has 0 fully saturated rings. The Balaban J connectivity index is 2.01. The summed E-state index contributed by atoms with van der Waals surface area (Å²) in [6.07, 6.45) is 0.401. The lowest BCUT2D eigenvalue weighted by Crippen LogP contribution is -2.32. The molecule has 0 amide bonds. The summed E-state index contributed by atoms with van der Waals surface area (Å²) in [5.74, 6) is 0.578. The van der Waals surface area contributed by atoms with Crippen LogP contribution in [-0.4, -0.2) is 22.2 Å². The van der Waals surface area contributed by atoms with Crippen LogP contribution in [0.25, 0.3) is 0 Å². The summed E-state index contributed by atoms with van der Waals surface area (Å²) in [7, 11) is 0. The van der Waals surface area contributed by atoms with E-state index in [2.05, 4.69) is 3.53 Å². The minimum Gasteiger partial charge on any atom is -0.508 e. The number of ether oxygens (including phenoxy) is 1. The van der Waals surface area contributed by atoms with Crippen LogP contribution in [0.3, 0.4) is 0 Å². The van der Waals surface area contributed by atoms with Crippen LogP contribution in [0.2, 0.25) is 0 Å². The van der Waals surface area contributed by atoms with E-state index < -0.39 is 12.0 Å². The van der Waals surface area contributed by atoms with E-state index in [4.69, 9.17) is 9.84 Å². The number of carboxylic acid groups (broad SMARTS) is 1. The van der Waals surface area contributed by atoms with Gasteiger partial charge in [0.1, 0.15) is 23.3 Å². The quantitative estimate of drug-likeness (QED) is 0.514. The minimum atomic E-state index is -0.881. The van der Waals surface area contributed by atoms with Crippen LogP contribution >= 0.6 is 22.9 Å². The summed E-state index contributed by atoms with van der Waals surface area (Å²) in [4.78, 5) is 11.0. The lowest BCUT2D eigenvalue weighted by molar-refractivity contribution is -0.138. The third-order valence-electron chi connectivity index (χ3n) is 2.87. The SMILES string of the molecule is O=C(O)[C@H](Cc1ccc(Oc2ccc(O)cc2)cc1)NI. The highest BCUT2D eigenvalue weighted by atomic mass is 127. The highest BCUT2D eigenvalue weighted by Crippen LogP contribution is 2.23. The highest BCUT2D eigenvalue weighted by molar-refractivity contribution is 14.1. The summed E-state index contributed by atoms with van der Waals surface area (Å²) < 4.78 is 8.35. The van der Waals surface area contributed by atoms with Gasteiger partial charge in [-0.25, -0.2) is 3.53 Å². The van der Waals surface area contributed by atoms with E-state index in [-0.39, 0.29) is 5.75 Å². The first-order valence-electron chi connectivity index (χ1n) is 6.23. The third-order valence-corrected chi connectivity index (χ3v) is 3.62. The maximum Gasteiger partial charge on any atom is 0.321 e. The smallest absolute Gasteiger partial charge is 0.321 e. The van der Waals surface area contributed by atoms with Crippen molar-refractivity contribution in [1.82, 2.24) is 3.53 Å². The van der Waals surface area contributed by atoms with Crippen molar-refractivity contribution < 1.29 is 19.7 Å². The Morgan fingerprint density at radius 1 is 1.10 bits per heavy atom. The molecule has 0 saturated carbocycles. The molecule has 3 N–H and O–H groups in total. The standard InChI is InChI=1S/C15H14INO4/c16-17-14(15(19)20)9-10-1-5-12(6-2-10)21-13-7-3-11(18)4-8-13/h1-8,14,17-18H,9H2,(H,19,20)/t14-/m0/s1. The zero-order valence-electron chi connectivity index (χ0n) is 11.0. The van der Waals surface area contributed by atoms with E-state index in [1.54, 1.807) is 36.4 Å². The van der Waals surface area contributed by atoms with Gasteiger partial charge in [-0.05, 0) is 48.4 Å². The number of hydrogen-bond donors (Lipinski definition) is 3. The van der Waals surface area contributed by atoms with E-state index in [9.17, 15) is 9.90 Å². The molecule has 5 nitrogen and oxygen atoms in total. The Hall–Kier alpha value is -1.80. The summed E-state index contributed by atoms with van der Waals surface area (Å²) in [5.41, 5.74) is 0.907. The second-order valence-electron chi connectivity index (χ2n) is 4.44. The van der Waals surface area contributed by atoms with Crippen LogP contribution in [0.5, 0.6) is 17.2 Å². The molecule has 1 atom stereocenters. The van der Waals surface area contributed by atoms with Crippen LogP contribution in [0.15, 0.2) is 48.5 Å². The van der Waals surface area contributed by atoms with E-state index in [0.29, 0.717) is 17.9 Å². The van der Waals surface area contributed by atoms with Crippen LogP contribution < -0.4 is 8.27 Å². The lowest BCUT2D eigenvalue weighted by atomic mass is 10.1. The molecule has 0 heterocycles. The number of nitrogens with one attached hydrogen (secondary N) is 1. The van der Waals surface area contributed by atoms with Crippen LogP contribution in [-0.2, 0) is 11.2 Å². The molecule has 0 unspecified atom stereocenters. The van der Waals surface area contributed by atoms with Gasteiger partial charge in [0.2, 0.25) is 0 Å². The summed E-state index contributed by atoms with van der Waals surface area (Å²) >= 11 is 1.84. The van der Waals surface area contributed by atoms with Gasteiger partial charge in [-0.3, -0.25) is 4.79 Å². The number of phenols is 1. The average Bonchev–Trinajstić information content (AvgIpc) is 2.48. The molecule has 0 bridgehead atoms. The molecule has 6 heteroatoms. The Kier molecular flexibility index (Phi) is 5.40. The van der Waals surface area contributed by atoms with Crippen LogP contribution in [0.1, 0.15) is 5.56 Å². The number of halogens is 1. The van der Waals surface area contributed by atoms with Gasteiger partial charge in [-0.1, -0.05) is 12.1 Å². The molecule has 21 heavy (non-hydrogen) atoms. The predicted molar refractivity (Wildman–Crippen MR) is 86.9 cm³/mol. The zero-order chi connectivity index (χ0) is 15.2. The molecular formula is C15H14INO4. The van der Waals surface area contributed by atoms with Gasteiger partial charge < -0.3 is 14.9 Å². The molecule has 0 aliphatic heterocycles. The molecule has 0 aromatic heterocycles. The third kappa shape index (κ3) is 4.61. The molecule has 2 aromatic rings. The molecular weight excluding hydrogens is 385 g/mol. The molecule has 0 radical (unpaired) electrons. The monoisotopic (exact) mass is 399 g/mol. The number of benzene rings is 2. The molecule has 0 aliphatic rings. The fraction of sp³-hybridized carbons (Fsp3) is 0.133. The van der Waals surface area contributed by atoms with E-state index in [1.807, 2.05) is 35.0 Å². The number of rotatable bonds is 6. The van der Waals surface area contributed by atoms with Gasteiger partial charge >= 0.3 is 5.97 Å². The number of carboxylic acids is 1. The first kappa shape index (κ1) is 15.6. The molecule has 0 aliphatic carbocycles. The van der Waals surface area contributed by atoms with Crippen molar-refractivity contribution in [2.75, 3.05) is 0 Å². The average molecular weight is 399 g/mol. The van der Waals surface area contributed by atoms with Gasteiger partial charge in [-0.2, -0.15) is 0 Å². The predicted octanol–water partition coefficient (Wildman–Crippen LogP) is 3.12. The number of phenolic OH excluding ortho intramolecular Hbond substituents is 1. The summed E-state index contributed by atoms with van der Waals surface area (Å²) in [6, 6.07) is 13.1. The Bertz CT molecular complexity index is 598. The molecule has 2 rings (SSSR count). The number of aromatic hydroxyl groups is 1. The Labute approximate surface area is 136 Å². The number of aliphatic carboxylic acids is 1. The van der Waals surface area contributed by atoms with Crippen molar-refractivity contribution in [3.8, 4) is 17.2 Å². The van der Waals surface area contributed by atoms with Crippen molar-refractivity contribution in [2.45, 2.75) is 12.5 Å². The summed E-state index contributed by atoms with van der Waals surface area (Å²) in [6.45, 7) is 0. The Morgan fingerprint density at radius 3 is 2.10 bits per heavy atom. The second-order valence-corrected chi connectivity index (χ2v) is 5.07. The van der Waals surface area contributed by atoms with Crippen LogP contribution in [0.4, 0.5) is 0 Å². The van der Waals surface area contributed by atoms with Crippen molar-refractivity contribution in [1.29, 1.82) is 0 Å². The van der Waals surface area contributed by atoms with Crippen molar-refractivity contribution in [3.63, 3.8) is 0 Å². The second kappa shape index (κ2) is 7.28. The van der Waals surface area contributed by atoms with E-state index in [0.717, 1.165) is 5.56 Å². The highest BCUT2D eigenvalue weighted by Gasteiger charge is 2.15. The molecule has 0 saturated heterocycles. The fourth-order valence-corrected chi connectivity index (χ4v) is 2.24. The molecule has 110 valence electrons. The molecule has 0 spiro atoms. The fourth-order valence-electron chi connectivity index (χ4n) is 1.75. The zero-order valence-corrected chi connectivity index (χ0v) is 13.1. The minimum absolute atomic E-state index is 0.184. The van der Waals surface area contributed by atoms with Crippen molar-refractivity contribution in [3.05, 3.63) is 54.1 Å². The Morgan fingerprint density at radius 2 is 1.62 bits per heavy atom. The summed E-state index contributed by atoms with van der Waals surface area (Å²) in [5, 5.41) is 18.2. The van der Waals surface area contributed by atoms with Gasteiger partial charge in [0, 0.05) is 22.9 Å². The van der Waals surface area contributed by atoms with Crippen LogP contribution in [0, 0.1) is 0 Å². The molecule has 2 aromatic carbocycles.